The zero-order valence-electron chi connectivity index (χ0n) is 15.6. The van der Waals surface area contributed by atoms with Gasteiger partial charge in [0.15, 0.2) is 0 Å². The predicted octanol–water partition coefficient (Wildman–Crippen LogP) is 1.95. The normalized spacial score (nSPS) is 12.4. The van der Waals surface area contributed by atoms with Crippen LogP contribution in [0.2, 0.25) is 25.7 Å². The lowest BCUT2D eigenvalue weighted by atomic mass is 10.1. The van der Waals surface area contributed by atoms with Gasteiger partial charge in [0.25, 0.3) is 0 Å². The molecule has 1 aromatic rings. The van der Waals surface area contributed by atoms with Crippen molar-refractivity contribution in [2.75, 3.05) is 20.3 Å². The summed E-state index contributed by atoms with van der Waals surface area (Å²) in [7, 11) is 0.399. The maximum absolute atomic E-state index is 12.0. The van der Waals surface area contributed by atoms with Gasteiger partial charge in [-0.25, -0.2) is 0 Å². The van der Waals surface area contributed by atoms with Gasteiger partial charge in [-0.2, -0.15) is 0 Å². The Kier molecular flexibility index (Phi) is 8.64. The van der Waals surface area contributed by atoms with Crippen LogP contribution in [0.1, 0.15) is 12.0 Å². The molecule has 3 N–H and O–H groups in total. The molecule has 0 aliphatic carbocycles. The zero-order valence-corrected chi connectivity index (χ0v) is 16.6. The Labute approximate surface area is 151 Å². The van der Waals surface area contributed by atoms with Gasteiger partial charge in [-0.15, -0.1) is 0 Å². The number of esters is 1. The number of nitrogens with two attached hydrogens (primary N) is 1. The van der Waals surface area contributed by atoms with Crippen molar-refractivity contribution in [2.24, 2.45) is 5.73 Å². The second kappa shape index (κ2) is 10.2. The highest BCUT2D eigenvalue weighted by Gasteiger charge is 2.16. The lowest BCUT2D eigenvalue weighted by Gasteiger charge is -2.15. The van der Waals surface area contributed by atoms with E-state index in [2.05, 4.69) is 25.0 Å². The van der Waals surface area contributed by atoms with E-state index in [1.165, 1.54) is 0 Å². The molecular formula is C18H30N2O4Si. The molecule has 0 bridgehead atoms. The summed E-state index contributed by atoms with van der Waals surface area (Å²) in [5, 5.41) is 2.68. The molecule has 0 saturated heterocycles. The number of nitrogens with one attached hydrogen (secondary N) is 1. The third-order valence-corrected chi connectivity index (χ3v) is 5.40. The largest absolute Gasteiger partial charge is 0.497 e. The fourth-order valence-electron chi connectivity index (χ4n) is 2.07. The molecule has 0 radical (unpaired) electrons. The number of carbonyl (C=O) groups excluding carboxylic acids is 2. The van der Waals surface area contributed by atoms with Crippen molar-refractivity contribution in [1.29, 1.82) is 0 Å². The van der Waals surface area contributed by atoms with Gasteiger partial charge in [-0.1, -0.05) is 31.8 Å². The summed E-state index contributed by atoms with van der Waals surface area (Å²) < 4.78 is 10.3. The van der Waals surface area contributed by atoms with Crippen molar-refractivity contribution >= 4 is 20.0 Å². The Morgan fingerprint density at radius 1 is 1.20 bits per heavy atom. The summed E-state index contributed by atoms with van der Waals surface area (Å²) >= 11 is 0. The van der Waals surface area contributed by atoms with Crippen LogP contribution < -0.4 is 15.8 Å². The first-order valence-electron chi connectivity index (χ1n) is 8.53. The first kappa shape index (κ1) is 21.2. The lowest BCUT2D eigenvalue weighted by molar-refractivity contribution is -0.143. The van der Waals surface area contributed by atoms with Crippen LogP contribution in [0.15, 0.2) is 24.3 Å². The maximum atomic E-state index is 12.0. The number of rotatable bonds is 10. The van der Waals surface area contributed by atoms with Crippen LogP contribution in [0.25, 0.3) is 0 Å². The van der Waals surface area contributed by atoms with Crippen LogP contribution in [0.3, 0.4) is 0 Å². The van der Waals surface area contributed by atoms with Crippen molar-refractivity contribution in [1.82, 2.24) is 5.32 Å². The fraction of sp³-hybridized carbons (Fsp3) is 0.556. The average Bonchev–Trinajstić information content (AvgIpc) is 2.54. The zero-order chi connectivity index (χ0) is 18.9. The second-order valence-corrected chi connectivity index (χ2v) is 12.9. The van der Waals surface area contributed by atoms with Gasteiger partial charge in [0.05, 0.1) is 26.2 Å². The fourth-order valence-corrected chi connectivity index (χ4v) is 2.78. The van der Waals surface area contributed by atoms with Crippen LogP contribution in [0.5, 0.6) is 5.75 Å². The Morgan fingerprint density at radius 2 is 1.84 bits per heavy atom. The van der Waals surface area contributed by atoms with Crippen molar-refractivity contribution in [3.8, 4) is 5.75 Å². The smallest absolute Gasteiger partial charge is 0.307 e. The molecule has 0 aliphatic rings. The standard InChI is InChI=1S/C18H30N2O4Si/c1-23-15-7-5-14(6-8-15)13-16(19)18(22)20-10-9-17(21)24-11-12-25(2,3)4/h5-8,16H,9-13,19H2,1-4H3,(H,20,22)/t16-/m1/s1. The Hall–Kier alpha value is -1.86. The number of ether oxygens (including phenoxy) is 2. The van der Waals surface area contributed by atoms with E-state index in [-0.39, 0.29) is 24.8 Å². The molecule has 0 saturated carbocycles. The van der Waals surface area contributed by atoms with E-state index >= 15 is 0 Å². The predicted molar refractivity (Wildman–Crippen MR) is 101 cm³/mol. The molecule has 0 spiro atoms. The number of hydrogen-bond donors (Lipinski definition) is 2. The SMILES string of the molecule is COc1ccc(C[C@@H](N)C(=O)NCCC(=O)OCC[Si](C)(C)C)cc1. The molecule has 0 heterocycles. The summed E-state index contributed by atoms with van der Waals surface area (Å²) in [4.78, 5) is 23.6. The van der Waals surface area contributed by atoms with E-state index in [0.29, 0.717) is 13.0 Å². The molecule has 1 rings (SSSR count). The highest BCUT2D eigenvalue weighted by atomic mass is 28.3. The van der Waals surface area contributed by atoms with Crippen LogP contribution in [0.4, 0.5) is 0 Å². The van der Waals surface area contributed by atoms with Crippen molar-refractivity contribution < 1.29 is 19.1 Å². The molecule has 0 unspecified atom stereocenters. The van der Waals surface area contributed by atoms with E-state index in [1.54, 1.807) is 7.11 Å². The Balaban J connectivity index is 2.25. The van der Waals surface area contributed by atoms with Gasteiger partial charge in [-0.3, -0.25) is 9.59 Å². The van der Waals surface area contributed by atoms with Gasteiger partial charge in [0.1, 0.15) is 5.75 Å². The van der Waals surface area contributed by atoms with Gasteiger partial charge in [0, 0.05) is 14.6 Å². The van der Waals surface area contributed by atoms with E-state index in [9.17, 15) is 9.59 Å². The third kappa shape index (κ3) is 9.26. The van der Waals surface area contributed by atoms with Gasteiger partial charge in [-0.05, 0) is 30.2 Å². The van der Waals surface area contributed by atoms with Crippen molar-refractivity contribution in [3.63, 3.8) is 0 Å². The van der Waals surface area contributed by atoms with Crippen LogP contribution in [-0.4, -0.2) is 46.3 Å². The topological polar surface area (TPSA) is 90.6 Å². The minimum atomic E-state index is -1.20. The summed E-state index contributed by atoms with van der Waals surface area (Å²) in [6, 6.07) is 7.70. The van der Waals surface area contributed by atoms with E-state index in [0.717, 1.165) is 17.4 Å². The van der Waals surface area contributed by atoms with Gasteiger partial charge >= 0.3 is 5.97 Å². The van der Waals surface area contributed by atoms with E-state index < -0.39 is 14.1 Å². The second-order valence-electron chi connectivity index (χ2n) is 7.23. The average molecular weight is 367 g/mol. The highest BCUT2D eigenvalue weighted by Crippen LogP contribution is 2.12. The summed E-state index contributed by atoms with van der Waals surface area (Å²) in [5.74, 6) is 0.197. The Morgan fingerprint density at radius 3 is 2.40 bits per heavy atom. The minimum absolute atomic E-state index is 0.159. The van der Waals surface area contributed by atoms with Crippen LogP contribution >= 0.6 is 0 Å². The molecule has 25 heavy (non-hydrogen) atoms. The summed E-state index contributed by atoms with van der Waals surface area (Å²) in [6.07, 6.45) is 0.586. The molecule has 0 aliphatic heterocycles. The molecule has 1 amide bonds. The number of amides is 1. The number of carbonyl (C=O) groups is 2. The molecule has 1 atom stereocenters. The number of hydrogen-bond acceptors (Lipinski definition) is 5. The lowest BCUT2D eigenvalue weighted by Crippen LogP contribution is -2.42. The number of methoxy groups -OCH3 is 1. The van der Waals surface area contributed by atoms with Crippen molar-refractivity contribution in [3.05, 3.63) is 29.8 Å². The maximum Gasteiger partial charge on any atom is 0.307 e. The third-order valence-electron chi connectivity index (χ3n) is 3.69. The molecule has 0 fully saturated rings. The van der Waals surface area contributed by atoms with Gasteiger partial charge in [0.2, 0.25) is 5.91 Å². The number of benzene rings is 1. The summed E-state index contributed by atoms with van der Waals surface area (Å²) in [6.45, 7) is 7.38. The van der Waals surface area contributed by atoms with Crippen LogP contribution in [0, 0.1) is 0 Å². The Bertz CT molecular complexity index is 555. The molecule has 6 nitrogen and oxygen atoms in total. The van der Waals surface area contributed by atoms with E-state index in [1.807, 2.05) is 24.3 Å². The molecule has 0 aromatic heterocycles. The van der Waals surface area contributed by atoms with E-state index in [4.69, 9.17) is 15.2 Å². The first-order valence-corrected chi connectivity index (χ1v) is 12.2. The molecule has 1 aromatic carbocycles. The van der Waals surface area contributed by atoms with Crippen LogP contribution in [-0.2, 0) is 20.7 Å². The van der Waals surface area contributed by atoms with Crippen molar-refractivity contribution in [2.45, 2.75) is 44.6 Å². The quantitative estimate of drug-likeness (QED) is 0.488. The molecule has 7 heteroatoms. The first-order chi connectivity index (χ1) is 11.7. The summed E-state index contributed by atoms with van der Waals surface area (Å²) in [5.41, 5.74) is 6.86. The van der Waals surface area contributed by atoms with Gasteiger partial charge < -0.3 is 20.5 Å². The minimum Gasteiger partial charge on any atom is -0.497 e. The monoisotopic (exact) mass is 366 g/mol. The molecular weight excluding hydrogens is 336 g/mol. The highest BCUT2D eigenvalue weighted by molar-refractivity contribution is 6.76. The molecule has 140 valence electrons.